The highest BCUT2D eigenvalue weighted by Crippen LogP contribution is 2.40. The van der Waals surface area contributed by atoms with Gasteiger partial charge in [0.15, 0.2) is 0 Å². The molecule has 1 unspecified atom stereocenters. The van der Waals surface area contributed by atoms with E-state index in [4.69, 9.17) is 0 Å². The average Bonchev–Trinajstić information content (AvgIpc) is 3.28. The van der Waals surface area contributed by atoms with Crippen LogP contribution in [0.4, 0.5) is 4.39 Å². The third-order valence-corrected chi connectivity index (χ3v) is 4.22. The summed E-state index contributed by atoms with van der Waals surface area (Å²) in [6, 6.07) is 7.47. The molecule has 0 heterocycles. The Morgan fingerprint density at radius 1 is 1.05 bits per heavy atom. The molecule has 0 bridgehead atoms. The van der Waals surface area contributed by atoms with Gasteiger partial charge in [-0.05, 0) is 49.4 Å². The summed E-state index contributed by atoms with van der Waals surface area (Å²) in [4.78, 5) is 0. The smallest absolute Gasteiger partial charge is 0.123 e. The minimum Gasteiger partial charge on any atom is -0.310 e. The van der Waals surface area contributed by atoms with E-state index in [0.717, 1.165) is 12.5 Å². The molecule has 20 heavy (non-hydrogen) atoms. The molecule has 1 atom stereocenters. The molecule has 0 aliphatic heterocycles. The first-order valence-electron chi connectivity index (χ1n) is 8.30. The SMILES string of the molecule is CCCCCCCCNC(c1ccc(F)cc1)C1CC1. The van der Waals surface area contributed by atoms with E-state index < -0.39 is 0 Å². The van der Waals surface area contributed by atoms with E-state index in [1.54, 1.807) is 12.1 Å². The summed E-state index contributed by atoms with van der Waals surface area (Å²) in [7, 11) is 0. The first-order chi connectivity index (χ1) is 9.81. The lowest BCUT2D eigenvalue weighted by atomic mass is 10.0. The molecule has 2 rings (SSSR count). The van der Waals surface area contributed by atoms with E-state index in [1.807, 2.05) is 12.1 Å². The summed E-state index contributed by atoms with van der Waals surface area (Å²) in [6.45, 7) is 3.34. The van der Waals surface area contributed by atoms with Crippen molar-refractivity contribution in [3.8, 4) is 0 Å². The number of benzene rings is 1. The predicted molar refractivity (Wildman–Crippen MR) is 83.2 cm³/mol. The Kier molecular flexibility index (Phi) is 6.52. The summed E-state index contributed by atoms with van der Waals surface area (Å²) in [6.07, 6.45) is 10.6. The van der Waals surface area contributed by atoms with Gasteiger partial charge in [-0.2, -0.15) is 0 Å². The fraction of sp³-hybridized carbons (Fsp3) is 0.667. The molecular formula is C18H28FN. The van der Waals surface area contributed by atoms with E-state index in [1.165, 1.54) is 56.9 Å². The van der Waals surface area contributed by atoms with Gasteiger partial charge in [-0.25, -0.2) is 4.39 Å². The van der Waals surface area contributed by atoms with Gasteiger partial charge in [-0.1, -0.05) is 51.2 Å². The van der Waals surface area contributed by atoms with Crippen LogP contribution in [0.5, 0.6) is 0 Å². The lowest BCUT2D eigenvalue weighted by Gasteiger charge is -2.19. The highest BCUT2D eigenvalue weighted by Gasteiger charge is 2.31. The van der Waals surface area contributed by atoms with Crippen molar-refractivity contribution in [3.63, 3.8) is 0 Å². The van der Waals surface area contributed by atoms with Crippen LogP contribution < -0.4 is 5.32 Å². The van der Waals surface area contributed by atoms with Gasteiger partial charge in [-0.15, -0.1) is 0 Å². The Hall–Kier alpha value is -0.890. The van der Waals surface area contributed by atoms with Gasteiger partial charge in [0.25, 0.3) is 0 Å². The van der Waals surface area contributed by atoms with Crippen LogP contribution in [0.15, 0.2) is 24.3 Å². The number of hydrogen-bond acceptors (Lipinski definition) is 1. The van der Waals surface area contributed by atoms with Crippen molar-refractivity contribution >= 4 is 0 Å². The minimum atomic E-state index is -0.140. The highest BCUT2D eigenvalue weighted by atomic mass is 19.1. The molecule has 112 valence electrons. The molecule has 0 saturated heterocycles. The number of nitrogens with one attached hydrogen (secondary N) is 1. The lowest BCUT2D eigenvalue weighted by molar-refractivity contribution is 0.463. The molecule has 1 fully saturated rings. The fourth-order valence-corrected chi connectivity index (χ4v) is 2.82. The van der Waals surface area contributed by atoms with E-state index in [2.05, 4.69) is 12.2 Å². The Bertz CT molecular complexity index is 370. The monoisotopic (exact) mass is 277 g/mol. The van der Waals surface area contributed by atoms with Crippen LogP contribution in [0.25, 0.3) is 0 Å². The maximum atomic E-state index is 13.0. The maximum absolute atomic E-state index is 13.0. The molecule has 0 aromatic heterocycles. The van der Waals surface area contributed by atoms with Crippen LogP contribution in [0.1, 0.15) is 69.9 Å². The number of unbranched alkanes of at least 4 members (excludes halogenated alkanes) is 5. The van der Waals surface area contributed by atoms with Gasteiger partial charge in [0.05, 0.1) is 0 Å². The van der Waals surface area contributed by atoms with Crippen LogP contribution in [0.2, 0.25) is 0 Å². The van der Waals surface area contributed by atoms with Crippen molar-refractivity contribution in [1.82, 2.24) is 5.32 Å². The van der Waals surface area contributed by atoms with Gasteiger partial charge in [0.1, 0.15) is 5.82 Å². The molecule has 0 spiro atoms. The lowest BCUT2D eigenvalue weighted by Crippen LogP contribution is -2.24. The Balaban J connectivity index is 1.69. The zero-order valence-electron chi connectivity index (χ0n) is 12.7. The molecule has 1 saturated carbocycles. The number of rotatable bonds is 10. The number of halogens is 1. The molecule has 1 aromatic rings. The molecule has 1 aliphatic rings. The largest absolute Gasteiger partial charge is 0.310 e. The van der Waals surface area contributed by atoms with Crippen molar-refractivity contribution < 1.29 is 4.39 Å². The summed E-state index contributed by atoms with van der Waals surface area (Å²) in [5.74, 6) is 0.625. The topological polar surface area (TPSA) is 12.0 Å². The molecule has 2 heteroatoms. The molecule has 1 aliphatic carbocycles. The van der Waals surface area contributed by atoms with Gasteiger partial charge in [0.2, 0.25) is 0 Å². The van der Waals surface area contributed by atoms with Crippen LogP contribution in [0.3, 0.4) is 0 Å². The molecule has 1 nitrogen and oxygen atoms in total. The molecule has 0 radical (unpaired) electrons. The third-order valence-electron chi connectivity index (χ3n) is 4.22. The zero-order chi connectivity index (χ0) is 14.2. The third kappa shape index (κ3) is 5.24. The van der Waals surface area contributed by atoms with Crippen LogP contribution in [0, 0.1) is 11.7 Å². The second-order valence-corrected chi connectivity index (χ2v) is 6.09. The molecule has 0 amide bonds. The molecule has 1 N–H and O–H groups in total. The fourth-order valence-electron chi connectivity index (χ4n) is 2.82. The van der Waals surface area contributed by atoms with Crippen molar-refractivity contribution in [2.75, 3.05) is 6.54 Å². The quantitative estimate of drug-likeness (QED) is 0.578. The Morgan fingerprint density at radius 2 is 1.70 bits per heavy atom. The van der Waals surface area contributed by atoms with E-state index in [0.29, 0.717) is 6.04 Å². The van der Waals surface area contributed by atoms with E-state index in [9.17, 15) is 4.39 Å². The van der Waals surface area contributed by atoms with Gasteiger partial charge in [-0.3, -0.25) is 0 Å². The summed E-state index contributed by atoms with van der Waals surface area (Å²) < 4.78 is 13.0. The second-order valence-electron chi connectivity index (χ2n) is 6.09. The average molecular weight is 277 g/mol. The van der Waals surface area contributed by atoms with Crippen LogP contribution in [-0.2, 0) is 0 Å². The van der Waals surface area contributed by atoms with Gasteiger partial charge >= 0.3 is 0 Å². The Morgan fingerprint density at radius 3 is 2.35 bits per heavy atom. The minimum absolute atomic E-state index is 0.140. The van der Waals surface area contributed by atoms with Crippen molar-refractivity contribution in [2.45, 2.75) is 64.3 Å². The summed E-state index contributed by atoms with van der Waals surface area (Å²) in [5.41, 5.74) is 1.25. The molecule has 1 aromatic carbocycles. The maximum Gasteiger partial charge on any atom is 0.123 e. The van der Waals surface area contributed by atoms with E-state index >= 15 is 0 Å². The Labute approximate surface area is 123 Å². The van der Waals surface area contributed by atoms with E-state index in [-0.39, 0.29) is 5.82 Å². The van der Waals surface area contributed by atoms with Gasteiger partial charge in [0, 0.05) is 6.04 Å². The van der Waals surface area contributed by atoms with Crippen LogP contribution in [-0.4, -0.2) is 6.54 Å². The van der Waals surface area contributed by atoms with Crippen LogP contribution >= 0.6 is 0 Å². The first kappa shape index (κ1) is 15.5. The zero-order valence-corrected chi connectivity index (χ0v) is 12.7. The predicted octanol–water partition coefficient (Wildman–Crippen LogP) is 5.23. The summed E-state index contributed by atoms with van der Waals surface area (Å²) >= 11 is 0. The highest BCUT2D eigenvalue weighted by molar-refractivity contribution is 5.21. The van der Waals surface area contributed by atoms with Crippen molar-refractivity contribution in [2.24, 2.45) is 5.92 Å². The number of hydrogen-bond donors (Lipinski definition) is 1. The standard InChI is InChI=1S/C18H28FN/c1-2-3-4-5-6-7-14-20-18(15-8-9-15)16-10-12-17(19)13-11-16/h10-13,15,18,20H,2-9,14H2,1H3. The normalized spacial score (nSPS) is 16.3. The van der Waals surface area contributed by atoms with Crippen molar-refractivity contribution in [1.29, 1.82) is 0 Å². The molecular weight excluding hydrogens is 249 g/mol. The first-order valence-corrected chi connectivity index (χ1v) is 8.30. The van der Waals surface area contributed by atoms with Gasteiger partial charge < -0.3 is 5.32 Å². The summed E-state index contributed by atoms with van der Waals surface area (Å²) in [5, 5.41) is 3.69. The second kappa shape index (κ2) is 8.41. The van der Waals surface area contributed by atoms with Crippen molar-refractivity contribution in [3.05, 3.63) is 35.6 Å².